The number of piperidine rings is 1. The van der Waals surface area contributed by atoms with Gasteiger partial charge in [-0.05, 0) is 49.6 Å². The third-order valence-corrected chi connectivity index (χ3v) is 5.86. The molecule has 4 rings (SSSR count). The summed E-state index contributed by atoms with van der Waals surface area (Å²) >= 11 is 0. The average Bonchev–Trinajstić information content (AvgIpc) is 2.74. The molecule has 30 heavy (non-hydrogen) atoms. The molecule has 0 aliphatic carbocycles. The maximum absolute atomic E-state index is 12.5. The molecule has 0 amide bonds. The molecule has 0 spiro atoms. The Bertz CT molecular complexity index is 1090. The number of hydrogen-bond acceptors (Lipinski definition) is 6. The second kappa shape index (κ2) is 7.91. The number of carboxylic acids is 1. The highest BCUT2D eigenvalue weighted by Gasteiger charge is 2.49. The Labute approximate surface area is 175 Å². The highest BCUT2D eigenvalue weighted by Crippen LogP contribution is 2.38. The molecule has 156 valence electrons. The molecule has 1 aromatic heterocycles. The zero-order valence-electron chi connectivity index (χ0n) is 17.1. The zero-order chi connectivity index (χ0) is 21.3. The summed E-state index contributed by atoms with van der Waals surface area (Å²) in [4.78, 5) is 23.6. The van der Waals surface area contributed by atoms with Crippen LogP contribution in [-0.2, 0) is 11.2 Å². The summed E-state index contributed by atoms with van der Waals surface area (Å²) in [6.45, 7) is 2.51. The topological polar surface area (TPSA) is 95.8 Å². The molecule has 0 bridgehead atoms. The lowest BCUT2D eigenvalue weighted by molar-refractivity contribution is -0.157. The number of aliphatic carboxylic acids is 1. The first-order valence-electron chi connectivity index (χ1n) is 9.96. The van der Waals surface area contributed by atoms with E-state index in [1.54, 1.807) is 7.11 Å². The number of nitrogens with zero attached hydrogens (tertiary/aromatic N) is 3. The predicted molar refractivity (Wildman–Crippen MR) is 114 cm³/mol. The van der Waals surface area contributed by atoms with E-state index in [1.165, 1.54) is 0 Å². The molecule has 1 saturated heterocycles. The number of aliphatic hydroxyl groups is 1. The minimum Gasteiger partial charge on any atom is -0.497 e. The monoisotopic (exact) mass is 407 g/mol. The minimum absolute atomic E-state index is 0.154. The van der Waals surface area contributed by atoms with Crippen LogP contribution in [0.25, 0.3) is 10.9 Å². The number of anilines is 1. The molecular weight excluding hydrogens is 382 g/mol. The highest BCUT2D eigenvalue weighted by molar-refractivity contribution is 5.90. The Morgan fingerprint density at radius 2 is 2.03 bits per heavy atom. The number of carbonyl (C=O) groups is 1. The predicted octanol–water partition coefficient (Wildman–Crippen LogP) is 2.83. The molecule has 2 aromatic carbocycles. The van der Waals surface area contributed by atoms with Gasteiger partial charge in [-0.1, -0.05) is 24.3 Å². The number of benzene rings is 2. The molecule has 1 aliphatic heterocycles. The van der Waals surface area contributed by atoms with Crippen molar-refractivity contribution in [2.45, 2.75) is 25.9 Å². The van der Waals surface area contributed by atoms with Gasteiger partial charge in [-0.2, -0.15) is 0 Å². The maximum Gasteiger partial charge on any atom is 0.314 e. The molecule has 2 atom stereocenters. The van der Waals surface area contributed by atoms with Crippen LogP contribution in [0.2, 0.25) is 0 Å². The Balaban J connectivity index is 1.75. The van der Waals surface area contributed by atoms with E-state index in [2.05, 4.69) is 9.97 Å². The van der Waals surface area contributed by atoms with Gasteiger partial charge in [0.2, 0.25) is 0 Å². The molecule has 0 unspecified atom stereocenters. The lowest BCUT2D eigenvalue weighted by Gasteiger charge is -2.44. The van der Waals surface area contributed by atoms with Crippen molar-refractivity contribution in [3.63, 3.8) is 0 Å². The van der Waals surface area contributed by atoms with Gasteiger partial charge >= 0.3 is 5.97 Å². The molecule has 2 heterocycles. The van der Waals surface area contributed by atoms with Gasteiger partial charge in [0.1, 0.15) is 22.8 Å². The number of aliphatic hydroxyl groups excluding tert-OH is 1. The van der Waals surface area contributed by atoms with Gasteiger partial charge in [0.05, 0.1) is 18.7 Å². The van der Waals surface area contributed by atoms with Crippen molar-refractivity contribution in [1.82, 2.24) is 9.97 Å². The second-order valence-corrected chi connectivity index (χ2v) is 7.83. The van der Waals surface area contributed by atoms with Gasteiger partial charge in [-0.15, -0.1) is 0 Å². The van der Waals surface area contributed by atoms with E-state index in [4.69, 9.17) is 4.74 Å². The number of hydrogen-bond donors (Lipinski definition) is 2. The zero-order valence-corrected chi connectivity index (χ0v) is 17.1. The quantitative estimate of drug-likeness (QED) is 0.671. The summed E-state index contributed by atoms with van der Waals surface area (Å²) in [6.07, 6.45) is -0.431. The van der Waals surface area contributed by atoms with Crippen LogP contribution in [0.1, 0.15) is 17.8 Å². The normalized spacial score (nSPS) is 21.6. The minimum atomic E-state index is -1.36. The van der Waals surface area contributed by atoms with Gasteiger partial charge in [0, 0.05) is 18.5 Å². The Kier molecular flexibility index (Phi) is 5.30. The van der Waals surface area contributed by atoms with Gasteiger partial charge in [-0.3, -0.25) is 4.79 Å². The Morgan fingerprint density at radius 3 is 2.80 bits per heavy atom. The van der Waals surface area contributed by atoms with E-state index in [9.17, 15) is 15.0 Å². The standard InChI is InChI=1S/C23H25N3O4/c1-15-24-19-9-4-3-8-18(19)21(25-15)26-11-10-20(27)23(14-26,22(28)29)13-16-6-5-7-17(12-16)30-2/h3-9,12,20,27H,10-11,13-14H2,1-2H3,(H,28,29)/t20-,23+/m0/s1. The van der Waals surface area contributed by atoms with E-state index in [0.29, 0.717) is 30.4 Å². The SMILES string of the molecule is COc1cccc(C[C@@]2(C(=O)O)CN(c3nc(C)nc4ccccc34)CC[C@@H]2O)c1. The molecule has 7 nitrogen and oxygen atoms in total. The van der Waals surface area contributed by atoms with Crippen molar-refractivity contribution in [2.24, 2.45) is 5.41 Å². The van der Waals surface area contributed by atoms with Crippen LogP contribution >= 0.6 is 0 Å². The summed E-state index contributed by atoms with van der Waals surface area (Å²) in [7, 11) is 1.58. The lowest BCUT2D eigenvalue weighted by atomic mass is 9.72. The van der Waals surface area contributed by atoms with Crippen molar-refractivity contribution in [2.75, 3.05) is 25.1 Å². The summed E-state index contributed by atoms with van der Waals surface area (Å²) < 4.78 is 5.28. The fraction of sp³-hybridized carbons (Fsp3) is 0.348. The number of para-hydroxylation sites is 1. The van der Waals surface area contributed by atoms with E-state index in [1.807, 2.05) is 60.4 Å². The van der Waals surface area contributed by atoms with Crippen molar-refractivity contribution in [1.29, 1.82) is 0 Å². The molecule has 3 aromatic rings. The highest BCUT2D eigenvalue weighted by atomic mass is 16.5. The largest absolute Gasteiger partial charge is 0.497 e. The number of carboxylic acid groups (broad SMARTS) is 1. The molecule has 1 aliphatic rings. The van der Waals surface area contributed by atoms with Crippen molar-refractivity contribution in [3.8, 4) is 5.75 Å². The van der Waals surface area contributed by atoms with Gasteiger partial charge < -0.3 is 19.8 Å². The molecule has 7 heteroatoms. The van der Waals surface area contributed by atoms with E-state index in [-0.39, 0.29) is 13.0 Å². The van der Waals surface area contributed by atoms with Crippen LogP contribution < -0.4 is 9.64 Å². The number of methoxy groups -OCH3 is 1. The fourth-order valence-electron chi connectivity index (χ4n) is 4.28. The molecular formula is C23H25N3O4. The molecule has 1 fully saturated rings. The number of ether oxygens (including phenoxy) is 1. The van der Waals surface area contributed by atoms with Crippen LogP contribution in [0, 0.1) is 12.3 Å². The summed E-state index contributed by atoms with van der Waals surface area (Å²) in [5, 5.41) is 21.9. The Morgan fingerprint density at radius 1 is 1.23 bits per heavy atom. The van der Waals surface area contributed by atoms with E-state index in [0.717, 1.165) is 16.5 Å². The summed E-state index contributed by atoms with van der Waals surface area (Å²) in [5.74, 6) is 0.982. The van der Waals surface area contributed by atoms with Crippen LogP contribution in [0.4, 0.5) is 5.82 Å². The molecule has 0 saturated carbocycles. The first kappa shape index (κ1) is 20.1. The average molecular weight is 407 g/mol. The third-order valence-electron chi connectivity index (χ3n) is 5.86. The van der Waals surface area contributed by atoms with Crippen molar-refractivity contribution < 1.29 is 19.7 Å². The van der Waals surface area contributed by atoms with E-state index < -0.39 is 17.5 Å². The Hall–Kier alpha value is -3.19. The van der Waals surface area contributed by atoms with E-state index >= 15 is 0 Å². The van der Waals surface area contributed by atoms with Gasteiger partial charge in [0.25, 0.3) is 0 Å². The van der Waals surface area contributed by atoms with Crippen LogP contribution in [-0.4, -0.2) is 52.5 Å². The van der Waals surface area contributed by atoms with Crippen LogP contribution in [0.3, 0.4) is 0 Å². The lowest BCUT2D eigenvalue weighted by Crippen LogP contribution is -2.57. The van der Waals surface area contributed by atoms with Gasteiger partial charge in [0.15, 0.2) is 0 Å². The second-order valence-electron chi connectivity index (χ2n) is 7.83. The fourth-order valence-corrected chi connectivity index (χ4v) is 4.28. The number of aryl methyl sites for hydroxylation is 1. The number of aromatic nitrogens is 2. The van der Waals surface area contributed by atoms with Crippen molar-refractivity contribution in [3.05, 3.63) is 59.9 Å². The first-order chi connectivity index (χ1) is 14.4. The van der Waals surface area contributed by atoms with Gasteiger partial charge in [-0.25, -0.2) is 9.97 Å². The van der Waals surface area contributed by atoms with Crippen LogP contribution in [0.15, 0.2) is 48.5 Å². The molecule has 2 N–H and O–H groups in total. The maximum atomic E-state index is 12.5. The first-order valence-corrected chi connectivity index (χ1v) is 9.96. The number of rotatable bonds is 5. The number of fused-ring (bicyclic) bond motifs is 1. The van der Waals surface area contributed by atoms with Crippen LogP contribution in [0.5, 0.6) is 5.75 Å². The summed E-state index contributed by atoms with van der Waals surface area (Å²) in [5.41, 5.74) is 0.270. The smallest absolute Gasteiger partial charge is 0.314 e. The molecule has 0 radical (unpaired) electrons. The third kappa shape index (κ3) is 3.57. The van der Waals surface area contributed by atoms with Crippen molar-refractivity contribution >= 4 is 22.7 Å². The summed E-state index contributed by atoms with van der Waals surface area (Å²) in [6, 6.07) is 15.0.